The Bertz CT molecular complexity index is 392. The summed E-state index contributed by atoms with van der Waals surface area (Å²) in [4.78, 5) is 18.6. The summed E-state index contributed by atoms with van der Waals surface area (Å²) in [5.74, 6) is 1.01. The van der Waals surface area contributed by atoms with Gasteiger partial charge in [-0.05, 0) is 39.2 Å². The predicted octanol–water partition coefficient (Wildman–Crippen LogP) is 0.323. The van der Waals surface area contributed by atoms with Gasteiger partial charge in [-0.25, -0.2) is 0 Å². The van der Waals surface area contributed by atoms with E-state index in [9.17, 15) is 4.79 Å². The Morgan fingerprint density at radius 3 is 2.71 bits per heavy atom. The molecule has 0 bridgehead atoms. The first-order valence-corrected chi connectivity index (χ1v) is 9.39. The molecule has 0 spiro atoms. The molecule has 24 heavy (non-hydrogen) atoms. The fourth-order valence-corrected chi connectivity index (χ4v) is 2.63. The number of nitrogens with one attached hydrogen (secondary N) is 3. The summed E-state index contributed by atoms with van der Waals surface area (Å²) < 4.78 is 5.36. The lowest BCUT2D eigenvalue weighted by Crippen LogP contribution is -2.40. The number of hydrogen-bond donors (Lipinski definition) is 3. The Kier molecular flexibility index (Phi) is 8.91. The molecule has 2 fully saturated rings. The normalized spacial score (nSPS) is 19.1. The molecule has 2 rings (SSSR count). The smallest absolute Gasteiger partial charge is 0.220 e. The van der Waals surface area contributed by atoms with E-state index in [-0.39, 0.29) is 5.91 Å². The van der Waals surface area contributed by atoms with Crippen LogP contribution in [0.2, 0.25) is 0 Å². The molecule has 7 heteroatoms. The van der Waals surface area contributed by atoms with Crippen molar-refractivity contribution in [3.05, 3.63) is 0 Å². The second-order valence-electron chi connectivity index (χ2n) is 6.44. The summed E-state index contributed by atoms with van der Waals surface area (Å²) in [5, 5.41) is 9.64. The molecule has 0 aromatic heterocycles. The van der Waals surface area contributed by atoms with Crippen LogP contribution < -0.4 is 16.0 Å². The van der Waals surface area contributed by atoms with Gasteiger partial charge in [0.25, 0.3) is 0 Å². The Balaban J connectivity index is 1.54. The minimum atomic E-state index is 0.163. The Morgan fingerprint density at radius 1 is 1.21 bits per heavy atom. The molecule has 7 nitrogen and oxygen atoms in total. The van der Waals surface area contributed by atoms with Gasteiger partial charge < -0.3 is 20.7 Å². The van der Waals surface area contributed by atoms with Crippen LogP contribution in [0.1, 0.15) is 39.0 Å². The lowest BCUT2D eigenvalue weighted by atomic mass is 10.3. The number of rotatable bonds is 10. The summed E-state index contributed by atoms with van der Waals surface area (Å²) in [6.07, 6.45) is 4.74. The summed E-state index contributed by atoms with van der Waals surface area (Å²) in [7, 11) is 0. The van der Waals surface area contributed by atoms with E-state index in [2.05, 4.69) is 32.8 Å². The molecule has 1 saturated heterocycles. The number of amides is 1. The molecule has 1 heterocycles. The van der Waals surface area contributed by atoms with E-state index >= 15 is 0 Å². The monoisotopic (exact) mass is 339 g/mol. The maximum Gasteiger partial charge on any atom is 0.220 e. The zero-order chi connectivity index (χ0) is 17.0. The van der Waals surface area contributed by atoms with Gasteiger partial charge in [0.1, 0.15) is 0 Å². The quantitative estimate of drug-likeness (QED) is 0.304. The van der Waals surface area contributed by atoms with Crippen molar-refractivity contribution >= 4 is 11.9 Å². The Hall–Kier alpha value is -1.34. The molecule has 0 atom stereocenters. The fourth-order valence-electron chi connectivity index (χ4n) is 2.63. The molecule has 1 saturated carbocycles. The minimum Gasteiger partial charge on any atom is -0.379 e. The molecular formula is C17H33N5O2. The molecular weight excluding hydrogens is 306 g/mol. The lowest BCUT2D eigenvalue weighted by Gasteiger charge is -2.26. The van der Waals surface area contributed by atoms with E-state index < -0.39 is 0 Å². The third kappa shape index (κ3) is 8.49. The van der Waals surface area contributed by atoms with Crippen molar-refractivity contribution in [3.63, 3.8) is 0 Å². The number of nitrogens with zero attached hydrogens (tertiary/aromatic N) is 2. The summed E-state index contributed by atoms with van der Waals surface area (Å²) in [6, 6.07) is 0.450. The average Bonchev–Trinajstić information content (AvgIpc) is 3.40. The molecule has 0 aromatic rings. The molecule has 1 amide bonds. The second-order valence-corrected chi connectivity index (χ2v) is 6.44. The van der Waals surface area contributed by atoms with Crippen LogP contribution in [0.25, 0.3) is 0 Å². The number of carbonyl (C=O) groups excluding carboxylic acids is 1. The predicted molar refractivity (Wildman–Crippen MR) is 96.3 cm³/mol. The summed E-state index contributed by atoms with van der Waals surface area (Å²) in [6.45, 7) is 9.37. The van der Waals surface area contributed by atoms with Gasteiger partial charge in [-0.15, -0.1) is 0 Å². The van der Waals surface area contributed by atoms with Gasteiger partial charge in [-0.2, -0.15) is 0 Å². The Morgan fingerprint density at radius 2 is 2.00 bits per heavy atom. The number of morpholine rings is 1. The van der Waals surface area contributed by atoms with Gasteiger partial charge in [0, 0.05) is 45.2 Å². The molecule has 0 aromatic carbocycles. The SMILES string of the molecule is CCNC(=NCCCC(=O)NC1CC1)NCCCN1CCOCC1. The van der Waals surface area contributed by atoms with Gasteiger partial charge in [0.05, 0.1) is 13.2 Å². The second kappa shape index (κ2) is 11.3. The highest BCUT2D eigenvalue weighted by Crippen LogP contribution is 2.18. The van der Waals surface area contributed by atoms with Crippen LogP contribution in [-0.4, -0.2) is 75.3 Å². The number of aliphatic imine (C=N–C) groups is 1. The third-order valence-electron chi connectivity index (χ3n) is 4.17. The average molecular weight is 339 g/mol. The van der Waals surface area contributed by atoms with E-state index in [1.807, 2.05) is 0 Å². The zero-order valence-corrected chi connectivity index (χ0v) is 15.0. The molecule has 138 valence electrons. The molecule has 1 aliphatic carbocycles. The number of carbonyl (C=O) groups is 1. The van der Waals surface area contributed by atoms with E-state index in [1.165, 1.54) is 0 Å². The zero-order valence-electron chi connectivity index (χ0n) is 15.0. The van der Waals surface area contributed by atoms with Gasteiger partial charge in [-0.3, -0.25) is 14.7 Å². The largest absolute Gasteiger partial charge is 0.379 e. The molecule has 0 unspecified atom stereocenters. The lowest BCUT2D eigenvalue weighted by molar-refractivity contribution is -0.121. The van der Waals surface area contributed by atoms with Crippen molar-refractivity contribution in [2.75, 3.05) is 52.5 Å². The van der Waals surface area contributed by atoms with Crippen LogP contribution >= 0.6 is 0 Å². The van der Waals surface area contributed by atoms with Crippen molar-refractivity contribution in [3.8, 4) is 0 Å². The summed E-state index contributed by atoms with van der Waals surface area (Å²) in [5.41, 5.74) is 0. The molecule has 1 aliphatic heterocycles. The highest BCUT2D eigenvalue weighted by Gasteiger charge is 2.22. The first-order chi connectivity index (χ1) is 11.8. The van der Waals surface area contributed by atoms with Crippen LogP contribution in [-0.2, 0) is 9.53 Å². The maximum atomic E-state index is 11.6. The topological polar surface area (TPSA) is 78.0 Å². The first-order valence-electron chi connectivity index (χ1n) is 9.39. The fraction of sp³-hybridized carbons (Fsp3) is 0.882. The molecule has 2 aliphatic rings. The van der Waals surface area contributed by atoms with Gasteiger partial charge in [0.15, 0.2) is 5.96 Å². The summed E-state index contributed by atoms with van der Waals surface area (Å²) >= 11 is 0. The number of hydrogen-bond acceptors (Lipinski definition) is 4. The van der Waals surface area contributed by atoms with Crippen molar-refractivity contribution in [2.45, 2.75) is 45.1 Å². The van der Waals surface area contributed by atoms with Crippen molar-refractivity contribution in [1.29, 1.82) is 0 Å². The Labute approximate surface area is 145 Å². The van der Waals surface area contributed by atoms with Crippen LogP contribution in [0, 0.1) is 0 Å². The van der Waals surface area contributed by atoms with Crippen LogP contribution in [0.5, 0.6) is 0 Å². The third-order valence-corrected chi connectivity index (χ3v) is 4.17. The first kappa shape index (κ1) is 19.0. The van der Waals surface area contributed by atoms with Crippen molar-refractivity contribution in [1.82, 2.24) is 20.9 Å². The highest BCUT2D eigenvalue weighted by molar-refractivity contribution is 5.79. The van der Waals surface area contributed by atoms with Gasteiger partial charge in [0.2, 0.25) is 5.91 Å². The maximum absolute atomic E-state index is 11.6. The molecule has 0 radical (unpaired) electrons. The van der Waals surface area contributed by atoms with Crippen molar-refractivity contribution in [2.24, 2.45) is 4.99 Å². The number of guanidine groups is 1. The van der Waals surface area contributed by atoms with Crippen molar-refractivity contribution < 1.29 is 9.53 Å². The van der Waals surface area contributed by atoms with E-state index in [1.54, 1.807) is 0 Å². The van der Waals surface area contributed by atoms with E-state index in [0.29, 0.717) is 19.0 Å². The number of ether oxygens (including phenoxy) is 1. The highest BCUT2D eigenvalue weighted by atomic mass is 16.5. The van der Waals surface area contributed by atoms with E-state index in [4.69, 9.17) is 4.74 Å². The van der Waals surface area contributed by atoms with Gasteiger partial charge >= 0.3 is 0 Å². The van der Waals surface area contributed by atoms with Gasteiger partial charge in [-0.1, -0.05) is 0 Å². The van der Waals surface area contributed by atoms with Crippen LogP contribution in [0.3, 0.4) is 0 Å². The standard InChI is InChI=1S/C17H33N5O2/c1-2-18-17(19-8-3-5-16(23)21-15-6-7-15)20-9-4-10-22-11-13-24-14-12-22/h15H,2-14H2,1H3,(H,21,23)(H2,18,19,20). The minimum absolute atomic E-state index is 0.163. The van der Waals surface area contributed by atoms with E-state index in [0.717, 1.165) is 77.6 Å². The van der Waals surface area contributed by atoms with Crippen LogP contribution in [0.15, 0.2) is 4.99 Å². The molecule has 3 N–H and O–H groups in total. The van der Waals surface area contributed by atoms with Crippen LogP contribution in [0.4, 0.5) is 0 Å².